The lowest BCUT2D eigenvalue weighted by atomic mass is 9.84. The third-order valence-electron chi connectivity index (χ3n) is 5.35. The molecule has 0 fully saturated rings. The van der Waals surface area contributed by atoms with E-state index in [1.165, 1.54) is 0 Å². The Balaban J connectivity index is 1.86. The Kier molecular flexibility index (Phi) is 7.90. The maximum Gasteiger partial charge on any atom is 0.349 e. The normalized spacial score (nSPS) is 12.2. The van der Waals surface area contributed by atoms with Crippen molar-refractivity contribution >= 4 is 5.97 Å². The Morgan fingerprint density at radius 1 is 0.844 bits per heavy atom. The average molecular weight is 435 g/mol. The molecule has 32 heavy (non-hydrogen) atoms. The minimum atomic E-state index is -1.21. The number of carbonyl (C=O) groups is 1. The number of carboxylic acid groups (broad SMARTS) is 1. The third-order valence-corrected chi connectivity index (χ3v) is 5.35. The van der Waals surface area contributed by atoms with Gasteiger partial charge in [0.2, 0.25) is 6.10 Å². The van der Waals surface area contributed by atoms with E-state index in [4.69, 9.17) is 9.47 Å². The lowest BCUT2D eigenvalue weighted by Crippen LogP contribution is -2.27. The zero-order chi connectivity index (χ0) is 23.0. The van der Waals surface area contributed by atoms with Crippen LogP contribution in [0.3, 0.4) is 0 Å². The van der Waals surface area contributed by atoms with Crippen LogP contribution in [0.25, 0.3) is 0 Å². The van der Waals surface area contributed by atoms with Crippen molar-refractivity contribution in [2.45, 2.75) is 51.2 Å². The molecule has 0 aliphatic heterocycles. The summed E-state index contributed by atoms with van der Waals surface area (Å²) in [6.45, 7) is 4.03. The number of hydrogen-bond acceptors (Lipinski definition) is 4. The first kappa shape index (κ1) is 23.4. The standard InChI is InChI=1S/C27H30O5/c1-3-18-27(30,19-4-2)23-12-8-9-13-24(23)32-25(26(28)29)20-14-16-22(17-15-20)31-21-10-6-5-7-11-21/h5-17,25,30H,3-4,18-19H2,1-2H3,(H,28,29). The Bertz CT molecular complexity index is 992. The molecule has 3 aromatic rings. The number of benzene rings is 3. The van der Waals surface area contributed by atoms with Crippen LogP contribution in [-0.4, -0.2) is 16.2 Å². The van der Waals surface area contributed by atoms with E-state index >= 15 is 0 Å². The van der Waals surface area contributed by atoms with Crippen molar-refractivity contribution in [2.75, 3.05) is 0 Å². The van der Waals surface area contributed by atoms with E-state index < -0.39 is 17.7 Å². The topological polar surface area (TPSA) is 76.0 Å². The summed E-state index contributed by atoms with van der Waals surface area (Å²) in [7, 11) is 0. The Morgan fingerprint density at radius 3 is 2.00 bits per heavy atom. The Morgan fingerprint density at radius 2 is 1.41 bits per heavy atom. The number of rotatable bonds is 11. The number of aliphatic hydroxyl groups is 1. The fraction of sp³-hybridized carbons (Fsp3) is 0.296. The summed E-state index contributed by atoms with van der Waals surface area (Å²) in [4.78, 5) is 12.1. The fourth-order valence-corrected chi connectivity index (χ4v) is 3.90. The van der Waals surface area contributed by atoms with E-state index in [2.05, 4.69) is 0 Å². The SMILES string of the molecule is CCCC(O)(CCC)c1ccccc1OC(C(=O)O)c1ccc(Oc2ccccc2)cc1. The van der Waals surface area contributed by atoms with Gasteiger partial charge in [0.1, 0.15) is 17.2 Å². The second-order valence-electron chi connectivity index (χ2n) is 7.85. The van der Waals surface area contributed by atoms with E-state index in [0.29, 0.717) is 41.2 Å². The molecule has 0 saturated carbocycles. The molecule has 1 unspecified atom stereocenters. The second-order valence-corrected chi connectivity index (χ2v) is 7.85. The number of para-hydroxylation sites is 2. The molecule has 0 saturated heterocycles. The van der Waals surface area contributed by atoms with E-state index in [1.54, 1.807) is 36.4 Å². The highest BCUT2D eigenvalue weighted by molar-refractivity contribution is 5.75. The van der Waals surface area contributed by atoms with Crippen molar-refractivity contribution in [1.82, 2.24) is 0 Å². The molecule has 0 spiro atoms. The monoisotopic (exact) mass is 434 g/mol. The summed E-state index contributed by atoms with van der Waals surface area (Å²) in [5.41, 5.74) is 0.0532. The van der Waals surface area contributed by atoms with Crippen molar-refractivity contribution in [3.63, 3.8) is 0 Å². The van der Waals surface area contributed by atoms with Crippen LogP contribution in [0.5, 0.6) is 17.2 Å². The predicted molar refractivity (Wildman–Crippen MR) is 124 cm³/mol. The molecule has 0 heterocycles. The van der Waals surface area contributed by atoms with Gasteiger partial charge >= 0.3 is 5.97 Å². The van der Waals surface area contributed by atoms with Crippen molar-refractivity contribution in [1.29, 1.82) is 0 Å². The number of aliphatic carboxylic acids is 1. The Hall–Kier alpha value is -3.31. The first-order valence-electron chi connectivity index (χ1n) is 11.0. The summed E-state index contributed by atoms with van der Waals surface area (Å²) >= 11 is 0. The molecule has 0 amide bonds. The van der Waals surface area contributed by atoms with Gasteiger partial charge < -0.3 is 19.7 Å². The average Bonchev–Trinajstić information content (AvgIpc) is 2.79. The van der Waals surface area contributed by atoms with Crippen LogP contribution in [-0.2, 0) is 10.4 Å². The van der Waals surface area contributed by atoms with Crippen LogP contribution in [0.1, 0.15) is 56.8 Å². The van der Waals surface area contributed by atoms with E-state index in [1.807, 2.05) is 56.3 Å². The molecule has 168 valence electrons. The lowest BCUT2D eigenvalue weighted by molar-refractivity contribution is -0.145. The summed E-state index contributed by atoms with van der Waals surface area (Å²) < 4.78 is 11.8. The number of hydrogen-bond donors (Lipinski definition) is 2. The first-order valence-corrected chi connectivity index (χ1v) is 11.0. The molecule has 1 atom stereocenters. The van der Waals surface area contributed by atoms with Crippen molar-refractivity contribution in [3.8, 4) is 17.2 Å². The maximum absolute atomic E-state index is 12.1. The summed E-state index contributed by atoms with van der Waals surface area (Å²) in [5.74, 6) is 0.580. The second kappa shape index (κ2) is 10.8. The van der Waals surface area contributed by atoms with Crippen LogP contribution in [0.15, 0.2) is 78.9 Å². The largest absolute Gasteiger partial charge is 0.478 e. The quantitative estimate of drug-likeness (QED) is 0.362. The molecular weight excluding hydrogens is 404 g/mol. The minimum Gasteiger partial charge on any atom is -0.478 e. The van der Waals surface area contributed by atoms with Crippen LogP contribution < -0.4 is 9.47 Å². The molecule has 5 nitrogen and oxygen atoms in total. The molecular formula is C27H30O5. The zero-order valence-electron chi connectivity index (χ0n) is 18.5. The number of carboxylic acids is 1. The molecule has 0 bridgehead atoms. The molecule has 3 rings (SSSR count). The van der Waals surface area contributed by atoms with Gasteiger partial charge in [0.05, 0.1) is 5.60 Å². The summed E-state index contributed by atoms with van der Waals surface area (Å²) in [6.07, 6.45) is 1.54. The van der Waals surface area contributed by atoms with Crippen molar-refractivity contribution < 1.29 is 24.5 Å². The van der Waals surface area contributed by atoms with Crippen LogP contribution >= 0.6 is 0 Å². The lowest BCUT2D eigenvalue weighted by Gasteiger charge is -2.30. The molecule has 3 aromatic carbocycles. The predicted octanol–water partition coefficient (Wildman–Crippen LogP) is 6.47. The van der Waals surface area contributed by atoms with Gasteiger partial charge in [-0.3, -0.25) is 0 Å². The van der Waals surface area contributed by atoms with Gasteiger partial charge in [-0.25, -0.2) is 4.79 Å². The highest BCUT2D eigenvalue weighted by Crippen LogP contribution is 2.39. The highest BCUT2D eigenvalue weighted by Gasteiger charge is 2.32. The van der Waals surface area contributed by atoms with E-state index in [0.717, 1.165) is 12.8 Å². The maximum atomic E-state index is 12.1. The molecule has 5 heteroatoms. The molecule has 0 aromatic heterocycles. The first-order chi connectivity index (χ1) is 15.5. The van der Waals surface area contributed by atoms with E-state index in [-0.39, 0.29) is 0 Å². The third kappa shape index (κ3) is 5.68. The van der Waals surface area contributed by atoms with Gasteiger partial charge in [-0.15, -0.1) is 0 Å². The van der Waals surface area contributed by atoms with Gasteiger partial charge in [0.25, 0.3) is 0 Å². The van der Waals surface area contributed by atoms with E-state index in [9.17, 15) is 15.0 Å². The van der Waals surface area contributed by atoms with Crippen molar-refractivity contribution in [2.24, 2.45) is 0 Å². The van der Waals surface area contributed by atoms with Crippen LogP contribution in [0, 0.1) is 0 Å². The molecule has 0 aliphatic rings. The van der Waals surface area contributed by atoms with Gasteiger partial charge in [-0.1, -0.05) is 75.2 Å². The van der Waals surface area contributed by atoms with Gasteiger partial charge in [-0.05, 0) is 43.2 Å². The Labute approximate surface area is 189 Å². The number of ether oxygens (including phenoxy) is 2. The smallest absolute Gasteiger partial charge is 0.349 e. The molecule has 2 N–H and O–H groups in total. The minimum absolute atomic E-state index is 0.383. The summed E-state index contributed by atoms with van der Waals surface area (Å²) in [5, 5.41) is 21.2. The molecule has 0 aliphatic carbocycles. The van der Waals surface area contributed by atoms with Crippen molar-refractivity contribution in [3.05, 3.63) is 90.0 Å². The zero-order valence-corrected chi connectivity index (χ0v) is 18.5. The summed E-state index contributed by atoms with van der Waals surface area (Å²) in [6, 6.07) is 23.3. The van der Waals surface area contributed by atoms with Gasteiger partial charge in [0, 0.05) is 11.1 Å². The highest BCUT2D eigenvalue weighted by atomic mass is 16.5. The van der Waals surface area contributed by atoms with Crippen LogP contribution in [0.4, 0.5) is 0 Å². The van der Waals surface area contributed by atoms with Gasteiger partial charge in [-0.2, -0.15) is 0 Å². The molecule has 0 radical (unpaired) electrons. The van der Waals surface area contributed by atoms with Gasteiger partial charge in [0.15, 0.2) is 0 Å². The van der Waals surface area contributed by atoms with Crippen LogP contribution in [0.2, 0.25) is 0 Å². The fourth-order valence-electron chi connectivity index (χ4n) is 3.90.